The molecule has 3 aromatic rings. The Bertz CT molecular complexity index is 1520. The van der Waals surface area contributed by atoms with Gasteiger partial charge >= 0.3 is 6.18 Å². The topological polar surface area (TPSA) is 100 Å². The Morgan fingerprint density at radius 1 is 1.20 bits per heavy atom. The van der Waals surface area contributed by atoms with Gasteiger partial charge in [0.1, 0.15) is 17.5 Å². The standard InChI is InChI=1S/C29H30F3N5O3/c1-15(2)28(39)37-12-17-5-6-18(13-37)23(17)20-14-36(3)26-24(20)25(29(30,31)32)21(11-34-26)35-27(38)16-7-8-22(40-4)19(9-16)10-33/h7-9,11,14-15,17-18,23H,5-6,12-13H2,1-4H3,(H,35,38)/t17-,18+,23?. The van der Waals surface area contributed by atoms with Crippen molar-refractivity contribution in [2.75, 3.05) is 25.5 Å². The zero-order valence-corrected chi connectivity index (χ0v) is 22.7. The van der Waals surface area contributed by atoms with Gasteiger partial charge in [0.2, 0.25) is 5.91 Å². The second-order valence-electron chi connectivity index (χ2n) is 10.9. The smallest absolute Gasteiger partial charge is 0.419 e. The molecule has 2 amide bonds. The number of nitrogens with zero attached hydrogens (tertiary/aromatic N) is 4. The van der Waals surface area contributed by atoms with Crippen LogP contribution in [0.5, 0.6) is 5.75 Å². The molecule has 210 valence electrons. The lowest BCUT2D eigenvalue weighted by atomic mass is 9.79. The van der Waals surface area contributed by atoms with Crippen LogP contribution in [0.15, 0.2) is 30.6 Å². The number of aromatic nitrogens is 2. The van der Waals surface area contributed by atoms with Crippen LogP contribution in [-0.2, 0) is 18.0 Å². The number of fused-ring (bicyclic) bond motifs is 3. The molecular formula is C29H30F3N5O3. The van der Waals surface area contributed by atoms with Gasteiger partial charge in [-0.25, -0.2) is 4.98 Å². The third kappa shape index (κ3) is 4.65. The fourth-order valence-corrected chi connectivity index (χ4v) is 6.42. The maximum Gasteiger partial charge on any atom is 0.419 e. The van der Waals surface area contributed by atoms with E-state index in [4.69, 9.17) is 4.74 Å². The predicted molar refractivity (Wildman–Crippen MR) is 142 cm³/mol. The summed E-state index contributed by atoms with van der Waals surface area (Å²) >= 11 is 0. The highest BCUT2D eigenvalue weighted by Crippen LogP contribution is 2.52. The molecule has 0 spiro atoms. The van der Waals surface area contributed by atoms with E-state index in [0.717, 1.165) is 19.0 Å². The van der Waals surface area contributed by atoms with Gasteiger partial charge in [0.15, 0.2) is 0 Å². The normalized spacial score (nSPS) is 20.6. The molecule has 1 aliphatic heterocycles. The van der Waals surface area contributed by atoms with E-state index in [1.807, 2.05) is 24.8 Å². The van der Waals surface area contributed by atoms with E-state index < -0.39 is 23.3 Å². The van der Waals surface area contributed by atoms with Crippen LogP contribution in [0.3, 0.4) is 0 Å². The Kier molecular flexibility index (Phi) is 6.98. The number of likely N-dealkylation sites (tertiary alicyclic amines) is 1. The number of pyridine rings is 1. The van der Waals surface area contributed by atoms with Crippen LogP contribution in [0.2, 0.25) is 0 Å². The number of nitriles is 1. The quantitative estimate of drug-likeness (QED) is 0.460. The lowest BCUT2D eigenvalue weighted by Gasteiger charge is -2.39. The van der Waals surface area contributed by atoms with E-state index in [-0.39, 0.29) is 57.5 Å². The first-order valence-electron chi connectivity index (χ1n) is 13.2. The molecule has 1 saturated heterocycles. The van der Waals surface area contributed by atoms with Crippen LogP contribution in [0.25, 0.3) is 11.0 Å². The summed E-state index contributed by atoms with van der Waals surface area (Å²) in [6, 6.07) is 5.99. The van der Waals surface area contributed by atoms with E-state index in [1.165, 1.54) is 25.3 Å². The minimum absolute atomic E-state index is 0.0130. The Labute approximate surface area is 229 Å². The van der Waals surface area contributed by atoms with Crippen molar-refractivity contribution in [3.05, 3.63) is 52.8 Å². The fourth-order valence-electron chi connectivity index (χ4n) is 6.42. The van der Waals surface area contributed by atoms with Crippen molar-refractivity contribution < 1.29 is 27.5 Å². The Morgan fingerprint density at radius 2 is 1.88 bits per heavy atom. The fraction of sp³-hybridized carbons (Fsp3) is 0.448. The summed E-state index contributed by atoms with van der Waals surface area (Å²) < 4.78 is 51.0. The predicted octanol–water partition coefficient (Wildman–Crippen LogP) is 5.33. The van der Waals surface area contributed by atoms with Crippen molar-refractivity contribution in [1.82, 2.24) is 14.5 Å². The number of carbonyl (C=O) groups excluding carboxylic acids is 2. The number of nitrogens with one attached hydrogen (secondary N) is 1. The summed E-state index contributed by atoms with van der Waals surface area (Å²) in [6.07, 6.45) is -0.378. The van der Waals surface area contributed by atoms with Crippen LogP contribution in [-0.4, -0.2) is 46.5 Å². The Morgan fingerprint density at radius 3 is 2.45 bits per heavy atom. The number of ether oxygens (including phenoxy) is 1. The summed E-state index contributed by atoms with van der Waals surface area (Å²) in [4.78, 5) is 31.9. The van der Waals surface area contributed by atoms with Crippen molar-refractivity contribution in [2.45, 2.75) is 38.8 Å². The molecule has 3 atom stereocenters. The highest BCUT2D eigenvalue weighted by molar-refractivity contribution is 6.06. The number of alkyl halides is 3. The molecule has 8 nitrogen and oxygen atoms in total. The average Bonchev–Trinajstić information content (AvgIpc) is 3.37. The van der Waals surface area contributed by atoms with E-state index in [0.29, 0.717) is 18.7 Å². The second kappa shape index (κ2) is 10.2. The van der Waals surface area contributed by atoms with Gasteiger partial charge in [0, 0.05) is 43.2 Å². The molecule has 3 heterocycles. The lowest BCUT2D eigenvalue weighted by Crippen LogP contribution is -2.45. The minimum Gasteiger partial charge on any atom is -0.495 e. The highest BCUT2D eigenvalue weighted by Gasteiger charge is 2.47. The zero-order valence-electron chi connectivity index (χ0n) is 22.7. The van der Waals surface area contributed by atoms with E-state index >= 15 is 0 Å². The van der Waals surface area contributed by atoms with Gasteiger partial charge in [-0.1, -0.05) is 13.8 Å². The molecule has 2 bridgehead atoms. The number of hydrogen-bond acceptors (Lipinski definition) is 5. The van der Waals surface area contributed by atoms with Crippen molar-refractivity contribution in [3.63, 3.8) is 0 Å². The minimum atomic E-state index is -4.79. The third-order valence-corrected chi connectivity index (χ3v) is 8.13. The maximum absolute atomic E-state index is 14.8. The molecule has 2 aromatic heterocycles. The molecular weight excluding hydrogens is 523 g/mol. The number of amides is 2. The van der Waals surface area contributed by atoms with E-state index in [9.17, 15) is 28.0 Å². The summed E-state index contributed by atoms with van der Waals surface area (Å²) in [5, 5.41) is 11.7. The van der Waals surface area contributed by atoms with Crippen molar-refractivity contribution >= 4 is 28.5 Å². The first kappa shape index (κ1) is 27.5. The van der Waals surface area contributed by atoms with E-state index in [2.05, 4.69) is 10.3 Å². The molecule has 1 aromatic carbocycles. The van der Waals surface area contributed by atoms with Gasteiger partial charge in [0.05, 0.1) is 30.1 Å². The van der Waals surface area contributed by atoms with Gasteiger partial charge in [-0.05, 0) is 54.4 Å². The van der Waals surface area contributed by atoms with Crippen molar-refractivity contribution in [3.8, 4) is 11.8 Å². The van der Waals surface area contributed by atoms with Gasteiger partial charge in [-0.3, -0.25) is 9.59 Å². The van der Waals surface area contributed by atoms with Crippen LogP contribution < -0.4 is 10.1 Å². The Hall–Kier alpha value is -4.07. The summed E-state index contributed by atoms with van der Waals surface area (Å²) in [5.74, 6) is -0.713. The van der Waals surface area contributed by atoms with Crippen molar-refractivity contribution in [1.29, 1.82) is 5.26 Å². The molecule has 1 saturated carbocycles. The van der Waals surface area contributed by atoms with Gasteiger partial charge < -0.3 is 19.5 Å². The molecule has 40 heavy (non-hydrogen) atoms. The number of carbonyl (C=O) groups is 2. The van der Waals surface area contributed by atoms with Crippen LogP contribution >= 0.6 is 0 Å². The molecule has 11 heteroatoms. The number of halogens is 3. The molecule has 1 unspecified atom stereocenters. The molecule has 5 rings (SSSR count). The summed E-state index contributed by atoms with van der Waals surface area (Å²) in [6.45, 7) is 4.73. The molecule has 1 aliphatic carbocycles. The summed E-state index contributed by atoms with van der Waals surface area (Å²) in [7, 11) is 3.04. The lowest BCUT2D eigenvalue weighted by molar-refractivity contribution is -0.137. The van der Waals surface area contributed by atoms with E-state index in [1.54, 1.807) is 17.8 Å². The zero-order chi connectivity index (χ0) is 28.9. The number of rotatable bonds is 5. The molecule has 2 fully saturated rings. The second-order valence-corrected chi connectivity index (χ2v) is 10.9. The number of hydrogen-bond donors (Lipinski definition) is 1. The molecule has 0 radical (unpaired) electrons. The Balaban J connectivity index is 1.57. The summed E-state index contributed by atoms with van der Waals surface area (Å²) in [5.41, 5.74) is -0.575. The van der Waals surface area contributed by atoms with Gasteiger partial charge in [-0.15, -0.1) is 0 Å². The number of methoxy groups -OCH3 is 1. The first-order chi connectivity index (χ1) is 18.9. The first-order valence-corrected chi connectivity index (χ1v) is 13.2. The number of benzene rings is 1. The third-order valence-electron chi connectivity index (χ3n) is 8.13. The highest BCUT2D eigenvalue weighted by atomic mass is 19.4. The van der Waals surface area contributed by atoms with Crippen LogP contribution in [0.4, 0.5) is 18.9 Å². The monoisotopic (exact) mass is 553 g/mol. The average molecular weight is 554 g/mol. The maximum atomic E-state index is 14.8. The number of aryl methyl sites for hydroxylation is 1. The largest absolute Gasteiger partial charge is 0.495 e. The van der Waals surface area contributed by atoms with Crippen LogP contribution in [0.1, 0.15) is 59.7 Å². The SMILES string of the molecule is COc1ccc(C(=O)Nc2cnc3c(c(C4[C@@H]5CC[C@H]4CN(C(=O)C(C)C)C5)cn3C)c2C(F)(F)F)cc1C#N. The van der Waals surface area contributed by atoms with Crippen LogP contribution in [0, 0.1) is 29.1 Å². The number of anilines is 1. The molecule has 2 aliphatic rings. The van der Waals surface area contributed by atoms with Crippen molar-refractivity contribution in [2.24, 2.45) is 24.8 Å². The van der Waals surface area contributed by atoms with Gasteiger partial charge in [-0.2, -0.15) is 18.4 Å². The molecule has 1 N–H and O–H groups in total. The van der Waals surface area contributed by atoms with Gasteiger partial charge in [0.25, 0.3) is 5.91 Å². The number of piperidine rings is 1.